The molecule has 0 fully saturated rings. The van der Waals surface area contributed by atoms with Gasteiger partial charge in [0.1, 0.15) is 6.04 Å². The molecule has 0 saturated heterocycles. The molecule has 0 bridgehead atoms. The Kier molecular flexibility index (Phi) is 7.26. The highest BCUT2D eigenvalue weighted by Gasteiger charge is 2.16. The molecule has 0 aliphatic rings. The number of anilines is 2. The lowest BCUT2D eigenvalue weighted by molar-refractivity contribution is -0.119. The summed E-state index contributed by atoms with van der Waals surface area (Å²) in [5.41, 5.74) is 1.57. The van der Waals surface area contributed by atoms with Gasteiger partial charge in [0, 0.05) is 29.3 Å². The van der Waals surface area contributed by atoms with E-state index in [0.29, 0.717) is 41.7 Å². The third-order valence-corrected chi connectivity index (χ3v) is 4.49. The van der Waals surface area contributed by atoms with Crippen molar-refractivity contribution in [3.05, 3.63) is 66.5 Å². The van der Waals surface area contributed by atoms with E-state index in [-0.39, 0.29) is 11.8 Å². The first kappa shape index (κ1) is 21.9. The summed E-state index contributed by atoms with van der Waals surface area (Å²) in [5, 5.41) is 9.78. The van der Waals surface area contributed by atoms with Crippen molar-refractivity contribution >= 4 is 23.2 Å². The summed E-state index contributed by atoms with van der Waals surface area (Å²) >= 11 is 0. The van der Waals surface area contributed by atoms with Crippen molar-refractivity contribution in [1.29, 1.82) is 0 Å². The van der Waals surface area contributed by atoms with Gasteiger partial charge < -0.3 is 20.1 Å². The van der Waals surface area contributed by atoms with E-state index in [1.54, 1.807) is 72.5 Å². The SMILES string of the molecule is CCOc1ccc(C(=O)Nc2cccc(NC(=O)C(C)n3cccn3)c2)cc1OCC. The molecule has 1 unspecified atom stereocenters. The third-order valence-electron chi connectivity index (χ3n) is 4.49. The largest absolute Gasteiger partial charge is 0.490 e. The van der Waals surface area contributed by atoms with Gasteiger partial charge in [-0.1, -0.05) is 6.07 Å². The van der Waals surface area contributed by atoms with Crippen LogP contribution in [0, 0.1) is 0 Å². The second-order valence-electron chi connectivity index (χ2n) is 6.71. The lowest BCUT2D eigenvalue weighted by Crippen LogP contribution is -2.24. The van der Waals surface area contributed by atoms with Crippen molar-refractivity contribution in [3.8, 4) is 11.5 Å². The number of nitrogens with one attached hydrogen (secondary N) is 2. The molecule has 3 aromatic rings. The van der Waals surface area contributed by atoms with E-state index in [2.05, 4.69) is 15.7 Å². The van der Waals surface area contributed by atoms with E-state index in [1.807, 2.05) is 13.8 Å². The van der Waals surface area contributed by atoms with Gasteiger partial charge in [-0.15, -0.1) is 0 Å². The minimum Gasteiger partial charge on any atom is -0.490 e. The lowest BCUT2D eigenvalue weighted by atomic mass is 10.1. The van der Waals surface area contributed by atoms with Crippen molar-refractivity contribution in [2.75, 3.05) is 23.8 Å². The summed E-state index contributed by atoms with van der Waals surface area (Å²) in [4.78, 5) is 25.2. The Hall–Kier alpha value is -3.81. The minimum absolute atomic E-state index is 0.208. The van der Waals surface area contributed by atoms with Crippen molar-refractivity contribution < 1.29 is 19.1 Å². The molecule has 0 radical (unpaired) electrons. The molecule has 3 rings (SSSR count). The lowest BCUT2D eigenvalue weighted by Gasteiger charge is -2.14. The van der Waals surface area contributed by atoms with Crippen LogP contribution in [0.25, 0.3) is 0 Å². The molecule has 0 spiro atoms. The number of rotatable bonds is 9. The van der Waals surface area contributed by atoms with E-state index < -0.39 is 6.04 Å². The van der Waals surface area contributed by atoms with E-state index in [9.17, 15) is 9.59 Å². The fraction of sp³-hybridized carbons (Fsp3) is 0.261. The fourth-order valence-corrected chi connectivity index (χ4v) is 2.95. The van der Waals surface area contributed by atoms with Gasteiger partial charge in [-0.05, 0) is 63.2 Å². The van der Waals surface area contributed by atoms with Gasteiger partial charge >= 0.3 is 0 Å². The van der Waals surface area contributed by atoms with Gasteiger partial charge in [0.25, 0.3) is 5.91 Å². The molecular formula is C23H26N4O4. The first-order chi connectivity index (χ1) is 15.0. The molecule has 2 amide bonds. The van der Waals surface area contributed by atoms with E-state index >= 15 is 0 Å². The molecule has 1 atom stereocenters. The van der Waals surface area contributed by atoms with Crippen LogP contribution in [-0.2, 0) is 4.79 Å². The molecule has 0 saturated carbocycles. The Bertz CT molecular complexity index is 1030. The number of hydrogen-bond donors (Lipinski definition) is 2. The van der Waals surface area contributed by atoms with Crippen LogP contribution in [0.2, 0.25) is 0 Å². The van der Waals surface area contributed by atoms with Crippen LogP contribution in [0.3, 0.4) is 0 Å². The van der Waals surface area contributed by atoms with E-state index in [1.165, 1.54) is 0 Å². The summed E-state index contributed by atoms with van der Waals surface area (Å²) in [6.07, 6.45) is 3.35. The maximum Gasteiger partial charge on any atom is 0.255 e. The summed E-state index contributed by atoms with van der Waals surface area (Å²) in [5.74, 6) is 0.611. The molecule has 8 nitrogen and oxygen atoms in total. The Labute approximate surface area is 181 Å². The van der Waals surface area contributed by atoms with Crippen LogP contribution in [0.5, 0.6) is 11.5 Å². The maximum atomic E-state index is 12.7. The predicted octanol–water partition coefficient (Wildman–Crippen LogP) is 4.13. The highest BCUT2D eigenvalue weighted by atomic mass is 16.5. The first-order valence-corrected chi connectivity index (χ1v) is 10.1. The quantitative estimate of drug-likeness (QED) is 0.541. The van der Waals surface area contributed by atoms with E-state index in [0.717, 1.165) is 0 Å². The van der Waals surface area contributed by atoms with Gasteiger partial charge in [-0.2, -0.15) is 5.10 Å². The predicted molar refractivity (Wildman–Crippen MR) is 119 cm³/mol. The number of hydrogen-bond acceptors (Lipinski definition) is 5. The topological polar surface area (TPSA) is 94.5 Å². The summed E-state index contributed by atoms with van der Waals surface area (Å²) in [7, 11) is 0. The zero-order valence-electron chi connectivity index (χ0n) is 17.8. The minimum atomic E-state index is -0.464. The van der Waals surface area contributed by atoms with Crippen molar-refractivity contribution in [2.45, 2.75) is 26.8 Å². The molecule has 1 heterocycles. The van der Waals surface area contributed by atoms with Gasteiger partial charge in [0.2, 0.25) is 5.91 Å². The van der Waals surface area contributed by atoms with Crippen molar-refractivity contribution in [2.24, 2.45) is 0 Å². The zero-order valence-corrected chi connectivity index (χ0v) is 17.8. The summed E-state index contributed by atoms with van der Waals surface area (Å²) in [6, 6.07) is 13.3. The van der Waals surface area contributed by atoms with Crippen LogP contribution >= 0.6 is 0 Å². The molecule has 8 heteroatoms. The Morgan fingerprint density at radius 2 is 1.68 bits per heavy atom. The molecule has 2 N–H and O–H groups in total. The third kappa shape index (κ3) is 5.63. The molecule has 0 aliphatic carbocycles. The first-order valence-electron chi connectivity index (χ1n) is 10.1. The van der Waals surface area contributed by atoms with Gasteiger partial charge in [-0.3, -0.25) is 14.3 Å². The number of carbonyl (C=O) groups is 2. The summed E-state index contributed by atoms with van der Waals surface area (Å²) in [6.45, 7) is 6.48. The summed E-state index contributed by atoms with van der Waals surface area (Å²) < 4.78 is 12.7. The van der Waals surface area contributed by atoms with Crippen LogP contribution < -0.4 is 20.1 Å². The number of amides is 2. The standard InChI is InChI=1S/C23H26N4O4/c1-4-30-20-11-10-17(14-21(20)31-5-2)23(29)26-19-9-6-8-18(15-19)25-22(28)16(3)27-13-7-12-24-27/h6-16H,4-5H2,1-3H3,(H,25,28)(H,26,29). The number of aromatic nitrogens is 2. The Morgan fingerprint density at radius 1 is 0.968 bits per heavy atom. The number of carbonyl (C=O) groups excluding carboxylic acids is 2. The average Bonchev–Trinajstić information content (AvgIpc) is 3.30. The van der Waals surface area contributed by atoms with Gasteiger partial charge in [0.15, 0.2) is 11.5 Å². The normalized spacial score (nSPS) is 11.5. The van der Waals surface area contributed by atoms with Crippen molar-refractivity contribution in [1.82, 2.24) is 9.78 Å². The average molecular weight is 422 g/mol. The highest BCUT2D eigenvalue weighted by molar-refractivity contribution is 6.05. The second kappa shape index (κ2) is 10.3. The van der Waals surface area contributed by atoms with Crippen LogP contribution in [0.15, 0.2) is 60.9 Å². The monoisotopic (exact) mass is 422 g/mol. The molecule has 162 valence electrons. The molecule has 2 aromatic carbocycles. The van der Waals surface area contributed by atoms with E-state index in [4.69, 9.17) is 9.47 Å². The number of ether oxygens (including phenoxy) is 2. The molecular weight excluding hydrogens is 396 g/mol. The second-order valence-corrected chi connectivity index (χ2v) is 6.71. The zero-order chi connectivity index (χ0) is 22.2. The molecule has 0 aliphatic heterocycles. The highest BCUT2D eigenvalue weighted by Crippen LogP contribution is 2.29. The Balaban J connectivity index is 1.69. The van der Waals surface area contributed by atoms with Gasteiger partial charge in [0.05, 0.1) is 13.2 Å². The fourth-order valence-electron chi connectivity index (χ4n) is 2.95. The number of benzene rings is 2. The maximum absolute atomic E-state index is 12.7. The van der Waals surface area contributed by atoms with Crippen LogP contribution in [-0.4, -0.2) is 34.8 Å². The molecule has 1 aromatic heterocycles. The van der Waals surface area contributed by atoms with Crippen LogP contribution in [0.1, 0.15) is 37.2 Å². The Morgan fingerprint density at radius 3 is 2.35 bits per heavy atom. The van der Waals surface area contributed by atoms with Gasteiger partial charge in [-0.25, -0.2) is 0 Å². The van der Waals surface area contributed by atoms with Crippen LogP contribution in [0.4, 0.5) is 11.4 Å². The number of nitrogens with zero attached hydrogens (tertiary/aromatic N) is 2. The molecule has 31 heavy (non-hydrogen) atoms. The smallest absolute Gasteiger partial charge is 0.255 e. The van der Waals surface area contributed by atoms with Crippen molar-refractivity contribution in [3.63, 3.8) is 0 Å².